The maximum Gasteiger partial charge on any atom is 0.340 e. The van der Waals surface area contributed by atoms with E-state index in [9.17, 15) is 18.8 Å². The molecule has 1 aliphatic rings. The maximum atomic E-state index is 13.1. The summed E-state index contributed by atoms with van der Waals surface area (Å²) in [7, 11) is 0. The predicted molar refractivity (Wildman–Crippen MR) is 122 cm³/mol. The lowest BCUT2D eigenvalue weighted by Gasteiger charge is -2.19. The molecule has 34 heavy (non-hydrogen) atoms. The first kappa shape index (κ1) is 23.1. The van der Waals surface area contributed by atoms with Crippen molar-refractivity contribution in [2.75, 3.05) is 30.5 Å². The van der Waals surface area contributed by atoms with E-state index in [-0.39, 0.29) is 21.8 Å². The van der Waals surface area contributed by atoms with E-state index in [1.165, 1.54) is 30.3 Å². The Kier molecular flexibility index (Phi) is 6.93. The van der Waals surface area contributed by atoms with Crippen LogP contribution in [0.3, 0.4) is 0 Å². The zero-order valence-electron chi connectivity index (χ0n) is 17.6. The van der Waals surface area contributed by atoms with Gasteiger partial charge in [0.25, 0.3) is 11.8 Å². The third kappa shape index (κ3) is 5.62. The molecule has 0 aromatic heterocycles. The van der Waals surface area contributed by atoms with Crippen molar-refractivity contribution >= 4 is 40.8 Å². The van der Waals surface area contributed by atoms with Crippen LogP contribution in [0.5, 0.6) is 11.5 Å². The molecular formula is C24H18ClFN2O6. The van der Waals surface area contributed by atoms with Crippen LogP contribution in [0.15, 0.2) is 60.7 Å². The van der Waals surface area contributed by atoms with Crippen LogP contribution in [0.2, 0.25) is 5.02 Å². The van der Waals surface area contributed by atoms with Crippen LogP contribution in [0.4, 0.5) is 15.8 Å². The number of anilines is 2. The minimum Gasteiger partial charge on any atom is -0.486 e. The highest BCUT2D eigenvalue weighted by Gasteiger charge is 2.18. The highest BCUT2D eigenvalue weighted by molar-refractivity contribution is 6.31. The number of benzene rings is 3. The molecule has 3 aromatic carbocycles. The number of carbonyl (C=O) groups is 3. The highest BCUT2D eigenvalue weighted by Crippen LogP contribution is 2.32. The third-order valence-corrected chi connectivity index (χ3v) is 4.95. The van der Waals surface area contributed by atoms with Crippen molar-refractivity contribution in [2.24, 2.45) is 0 Å². The van der Waals surface area contributed by atoms with Gasteiger partial charge in [-0.15, -0.1) is 0 Å². The van der Waals surface area contributed by atoms with Crippen molar-refractivity contribution in [1.29, 1.82) is 0 Å². The summed E-state index contributed by atoms with van der Waals surface area (Å²) in [6.45, 7) is 0.288. The van der Waals surface area contributed by atoms with Crippen molar-refractivity contribution in [3.8, 4) is 11.5 Å². The standard InChI is InChI=1S/C24H18ClFN2O6/c25-15-3-7-18(19(11-15)28-23(30)14-1-4-16(26)5-2-14)24(31)34-13-22(29)27-17-6-8-20-21(12-17)33-10-9-32-20/h1-8,11-12H,9-10,13H2,(H,27,29)(H,28,30). The quantitative estimate of drug-likeness (QED) is 0.506. The number of esters is 1. The van der Waals surface area contributed by atoms with Crippen LogP contribution in [0.25, 0.3) is 0 Å². The Morgan fingerprint density at radius 3 is 2.41 bits per heavy atom. The Bertz CT molecular complexity index is 1250. The van der Waals surface area contributed by atoms with E-state index in [1.807, 2.05) is 0 Å². The summed E-state index contributed by atoms with van der Waals surface area (Å²) in [6, 6.07) is 14.0. The molecule has 0 fully saturated rings. The smallest absolute Gasteiger partial charge is 0.340 e. The third-order valence-electron chi connectivity index (χ3n) is 4.72. The second kappa shape index (κ2) is 10.2. The zero-order valence-corrected chi connectivity index (χ0v) is 18.4. The summed E-state index contributed by atoms with van der Waals surface area (Å²) in [6.07, 6.45) is 0. The van der Waals surface area contributed by atoms with E-state index in [0.717, 1.165) is 12.1 Å². The number of halogens is 2. The Morgan fingerprint density at radius 1 is 0.912 bits per heavy atom. The van der Waals surface area contributed by atoms with Crippen molar-refractivity contribution in [3.05, 3.63) is 82.6 Å². The fourth-order valence-electron chi connectivity index (χ4n) is 3.12. The molecule has 0 unspecified atom stereocenters. The molecule has 2 N–H and O–H groups in total. The second-order valence-electron chi connectivity index (χ2n) is 7.13. The molecule has 3 aromatic rings. The monoisotopic (exact) mass is 484 g/mol. The first-order chi connectivity index (χ1) is 16.4. The molecule has 1 heterocycles. The molecule has 1 aliphatic heterocycles. The summed E-state index contributed by atoms with van der Waals surface area (Å²) in [5.41, 5.74) is 0.703. The van der Waals surface area contributed by atoms with Crippen LogP contribution < -0.4 is 20.1 Å². The normalized spacial score (nSPS) is 11.9. The van der Waals surface area contributed by atoms with Gasteiger partial charge in [-0.3, -0.25) is 9.59 Å². The maximum absolute atomic E-state index is 13.1. The topological polar surface area (TPSA) is 103 Å². The number of ether oxygens (including phenoxy) is 3. The number of rotatable bonds is 6. The van der Waals surface area contributed by atoms with Crippen LogP contribution in [0.1, 0.15) is 20.7 Å². The summed E-state index contributed by atoms with van der Waals surface area (Å²) in [5, 5.41) is 5.43. The van der Waals surface area contributed by atoms with Crippen molar-refractivity contribution in [2.45, 2.75) is 0 Å². The Labute approximate surface area is 198 Å². The van der Waals surface area contributed by atoms with E-state index < -0.39 is 30.2 Å². The Hall–Kier alpha value is -4.11. The molecule has 8 nitrogen and oxygen atoms in total. The molecule has 10 heteroatoms. The molecular weight excluding hydrogens is 467 g/mol. The van der Waals surface area contributed by atoms with Crippen LogP contribution in [-0.2, 0) is 9.53 Å². The lowest BCUT2D eigenvalue weighted by Crippen LogP contribution is -2.22. The zero-order chi connectivity index (χ0) is 24.1. The van der Waals surface area contributed by atoms with Gasteiger partial charge in [-0.05, 0) is 54.6 Å². The van der Waals surface area contributed by atoms with E-state index in [0.29, 0.717) is 30.4 Å². The number of nitrogens with one attached hydrogen (secondary N) is 2. The molecule has 0 aliphatic carbocycles. The average Bonchev–Trinajstić information content (AvgIpc) is 2.83. The van der Waals surface area contributed by atoms with Gasteiger partial charge in [0, 0.05) is 22.3 Å². The largest absolute Gasteiger partial charge is 0.486 e. The molecule has 0 radical (unpaired) electrons. The Balaban J connectivity index is 1.39. The molecule has 4 rings (SSSR count). The highest BCUT2D eigenvalue weighted by atomic mass is 35.5. The molecule has 0 saturated carbocycles. The van der Waals surface area contributed by atoms with Gasteiger partial charge >= 0.3 is 5.97 Å². The fourth-order valence-corrected chi connectivity index (χ4v) is 3.29. The van der Waals surface area contributed by atoms with Crippen molar-refractivity contribution in [1.82, 2.24) is 0 Å². The van der Waals surface area contributed by atoms with Gasteiger partial charge in [0.1, 0.15) is 19.0 Å². The van der Waals surface area contributed by atoms with E-state index in [4.69, 9.17) is 25.8 Å². The first-order valence-corrected chi connectivity index (χ1v) is 10.5. The van der Waals surface area contributed by atoms with Crippen LogP contribution >= 0.6 is 11.6 Å². The second-order valence-corrected chi connectivity index (χ2v) is 7.57. The van der Waals surface area contributed by atoms with E-state index >= 15 is 0 Å². The number of hydrogen-bond donors (Lipinski definition) is 2. The van der Waals surface area contributed by atoms with E-state index in [2.05, 4.69) is 10.6 Å². The van der Waals surface area contributed by atoms with Gasteiger partial charge in [-0.2, -0.15) is 0 Å². The summed E-state index contributed by atoms with van der Waals surface area (Å²) in [4.78, 5) is 37.3. The molecule has 0 bridgehead atoms. The number of carbonyl (C=O) groups excluding carboxylic acids is 3. The molecule has 2 amide bonds. The Morgan fingerprint density at radius 2 is 1.65 bits per heavy atom. The lowest BCUT2D eigenvalue weighted by atomic mass is 10.1. The summed E-state index contributed by atoms with van der Waals surface area (Å²) in [5.74, 6) is -1.40. The average molecular weight is 485 g/mol. The molecule has 0 atom stereocenters. The number of hydrogen-bond acceptors (Lipinski definition) is 6. The molecule has 174 valence electrons. The lowest BCUT2D eigenvalue weighted by molar-refractivity contribution is -0.119. The first-order valence-electron chi connectivity index (χ1n) is 10.1. The minimum atomic E-state index is -0.844. The van der Waals surface area contributed by atoms with Crippen molar-refractivity contribution < 1.29 is 33.0 Å². The van der Waals surface area contributed by atoms with Gasteiger partial charge in [-0.25, -0.2) is 9.18 Å². The number of amides is 2. The van der Waals surface area contributed by atoms with Gasteiger partial charge in [-0.1, -0.05) is 11.6 Å². The molecule has 0 spiro atoms. The van der Waals surface area contributed by atoms with Gasteiger partial charge in [0.05, 0.1) is 11.3 Å². The van der Waals surface area contributed by atoms with Gasteiger partial charge in [0.15, 0.2) is 18.1 Å². The van der Waals surface area contributed by atoms with Crippen molar-refractivity contribution in [3.63, 3.8) is 0 Å². The fraction of sp³-hybridized carbons (Fsp3) is 0.125. The van der Waals surface area contributed by atoms with Gasteiger partial charge < -0.3 is 24.8 Å². The van der Waals surface area contributed by atoms with Crippen LogP contribution in [-0.4, -0.2) is 37.6 Å². The predicted octanol–water partition coefficient (Wildman–Crippen LogP) is 4.30. The minimum absolute atomic E-state index is 0.00742. The summed E-state index contributed by atoms with van der Waals surface area (Å²) < 4.78 is 29.1. The summed E-state index contributed by atoms with van der Waals surface area (Å²) >= 11 is 6.00. The van der Waals surface area contributed by atoms with Gasteiger partial charge in [0.2, 0.25) is 0 Å². The van der Waals surface area contributed by atoms with Crippen LogP contribution in [0, 0.1) is 5.82 Å². The number of fused-ring (bicyclic) bond motifs is 1. The van der Waals surface area contributed by atoms with E-state index in [1.54, 1.807) is 18.2 Å². The SMILES string of the molecule is O=C(COC(=O)c1ccc(Cl)cc1NC(=O)c1ccc(F)cc1)Nc1ccc2c(c1)OCCO2. The molecule has 0 saturated heterocycles.